The maximum Gasteiger partial charge on any atom is 0.282 e. The molecule has 0 aromatic carbocycles. The number of fused-ring (bicyclic) bond motifs is 2. The molecule has 9 heteroatoms. The van der Waals surface area contributed by atoms with Crippen molar-refractivity contribution in [2.75, 3.05) is 6.61 Å². The summed E-state index contributed by atoms with van der Waals surface area (Å²) in [5.41, 5.74) is -1.35. The largest absolute Gasteiger partial charge is 0.414 e. The van der Waals surface area contributed by atoms with Crippen LogP contribution in [0.3, 0.4) is 0 Å². The summed E-state index contributed by atoms with van der Waals surface area (Å²) in [6.07, 6.45) is -1.41. The second-order valence-corrected chi connectivity index (χ2v) is 14.1. The van der Waals surface area contributed by atoms with E-state index >= 15 is 0 Å². The highest BCUT2D eigenvalue weighted by Gasteiger charge is 2.68. The zero-order valence-electron chi connectivity index (χ0n) is 15.9. The van der Waals surface area contributed by atoms with Crippen LogP contribution < -0.4 is 10.6 Å². The second-order valence-electron chi connectivity index (χ2n) is 8.89. The van der Waals surface area contributed by atoms with Gasteiger partial charge in [-0.25, -0.2) is 0 Å². The Morgan fingerprint density at radius 1 is 1.24 bits per heavy atom. The van der Waals surface area contributed by atoms with Crippen LogP contribution in [0.25, 0.3) is 0 Å². The van der Waals surface area contributed by atoms with Crippen molar-refractivity contribution >= 4 is 31.6 Å². The normalized spacial score (nSPS) is 37.3. The minimum Gasteiger partial charge on any atom is -0.414 e. The molecule has 0 unspecified atom stereocenters. The fourth-order valence-corrected chi connectivity index (χ4v) is 4.38. The van der Waals surface area contributed by atoms with E-state index in [0.29, 0.717) is 6.61 Å². The van der Waals surface area contributed by atoms with Crippen LogP contribution in [0.4, 0.5) is 0 Å². The van der Waals surface area contributed by atoms with E-state index < -0.39 is 38.1 Å². The van der Waals surface area contributed by atoms with Gasteiger partial charge in [-0.2, -0.15) is 0 Å². The summed E-state index contributed by atoms with van der Waals surface area (Å²) in [5.74, 6) is -1.14. The summed E-state index contributed by atoms with van der Waals surface area (Å²) >= 11 is 5.09. The van der Waals surface area contributed by atoms with Crippen molar-refractivity contribution in [3.63, 3.8) is 0 Å². The SMILES string of the molecule is CC1(C)O[C@H]2[C@@H](O1)[C@]1(NC(=S)NC1=O)O[C@@H]2CO[Si](C)(C)C(C)(C)C. The van der Waals surface area contributed by atoms with Crippen LogP contribution >= 0.6 is 12.2 Å². The first kappa shape index (κ1) is 19.2. The van der Waals surface area contributed by atoms with Crippen LogP contribution in [-0.2, 0) is 23.4 Å². The van der Waals surface area contributed by atoms with Crippen LogP contribution in [-0.4, -0.2) is 55.8 Å². The third-order valence-electron chi connectivity index (χ3n) is 5.51. The molecule has 0 aromatic heterocycles. The molecule has 0 aliphatic carbocycles. The minimum absolute atomic E-state index is 0.0829. The predicted octanol–water partition coefficient (Wildman–Crippen LogP) is 1.63. The molecule has 3 saturated heterocycles. The van der Waals surface area contributed by atoms with Crippen LogP contribution in [0.15, 0.2) is 0 Å². The van der Waals surface area contributed by atoms with Gasteiger partial charge in [-0.05, 0) is 44.2 Å². The number of nitrogens with one attached hydrogen (secondary N) is 2. The van der Waals surface area contributed by atoms with E-state index in [9.17, 15) is 4.79 Å². The van der Waals surface area contributed by atoms with Gasteiger partial charge in [-0.3, -0.25) is 10.1 Å². The maximum atomic E-state index is 12.5. The summed E-state index contributed by atoms with van der Waals surface area (Å²) in [6, 6.07) is 0. The van der Waals surface area contributed by atoms with Crippen LogP contribution in [0, 0.1) is 0 Å². The minimum atomic E-state index is -1.96. The van der Waals surface area contributed by atoms with Crippen molar-refractivity contribution in [1.82, 2.24) is 10.6 Å². The first-order valence-corrected chi connectivity index (χ1v) is 11.9. The standard InChI is InChI=1S/C16H28N2O5SSi/c1-14(2,3)25(6,7)20-8-9-10-11(23-15(4,5)22-10)16(21-9)12(19)17-13(24)18-16/h9-11H,8H2,1-7H3,(H2,17,18,19,24)/t9-,10-,11-,16+/m1/s1. The number of carbonyl (C=O) groups excluding carboxylic acids is 1. The Labute approximate surface area is 155 Å². The second kappa shape index (κ2) is 5.70. The highest BCUT2D eigenvalue weighted by molar-refractivity contribution is 7.80. The molecule has 0 aromatic rings. The number of hydrogen-bond acceptors (Lipinski definition) is 6. The van der Waals surface area contributed by atoms with Crippen LogP contribution in [0.1, 0.15) is 34.6 Å². The van der Waals surface area contributed by atoms with Gasteiger partial charge in [0, 0.05) is 0 Å². The Hall–Kier alpha value is -0.583. The zero-order valence-corrected chi connectivity index (χ0v) is 17.7. The van der Waals surface area contributed by atoms with E-state index in [-0.39, 0.29) is 16.1 Å². The van der Waals surface area contributed by atoms with Crippen molar-refractivity contribution in [3.05, 3.63) is 0 Å². The highest BCUT2D eigenvalue weighted by Crippen LogP contribution is 2.45. The highest BCUT2D eigenvalue weighted by atomic mass is 32.1. The van der Waals surface area contributed by atoms with Gasteiger partial charge in [-0.15, -0.1) is 0 Å². The molecule has 3 aliphatic heterocycles. The van der Waals surface area contributed by atoms with E-state index in [4.69, 9.17) is 30.9 Å². The molecule has 3 fully saturated rings. The maximum absolute atomic E-state index is 12.5. The average Bonchev–Trinajstić information content (AvgIpc) is 2.99. The van der Waals surface area contributed by atoms with Gasteiger partial charge in [0.15, 0.2) is 19.2 Å². The molecule has 0 bridgehead atoms. The lowest BCUT2D eigenvalue weighted by atomic mass is 10.0. The van der Waals surface area contributed by atoms with Gasteiger partial charge >= 0.3 is 0 Å². The van der Waals surface area contributed by atoms with Gasteiger partial charge in [0.1, 0.15) is 18.3 Å². The molecule has 1 spiro atoms. The summed E-state index contributed by atoms with van der Waals surface area (Å²) in [7, 11) is -1.96. The molecule has 3 aliphatic rings. The van der Waals surface area contributed by atoms with E-state index in [1.54, 1.807) is 0 Å². The topological polar surface area (TPSA) is 78.1 Å². The molecule has 25 heavy (non-hydrogen) atoms. The van der Waals surface area contributed by atoms with E-state index in [0.717, 1.165) is 0 Å². The first-order valence-electron chi connectivity index (χ1n) is 8.58. The lowest BCUT2D eigenvalue weighted by Gasteiger charge is -2.37. The number of thiocarbonyl (C=S) groups is 1. The lowest BCUT2D eigenvalue weighted by molar-refractivity contribution is -0.212. The quantitative estimate of drug-likeness (QED) is 0.562. The fourth-order valence-electron chi connectivity index (χ4n) is 3.12. The summed E-state index contributed by atoms with van der Waals surface area (Å²) < 4.78 is 24.4. The predicted molar refractivity (Wildman–Crippen MR) is 98.5 cm³/mol. The Balaban J connectivity index is 1.82. The molecular formula is C16H28N2O5SSi. The molecule has 4 atom stereocenters. The zero-order chi connectivity index (χ0) is 18.8. The van der Waals surface area contributed by atoms with Crippen LogP contribution in [0.5, 0.6) is 0 Å². The summed E-state index contributed by atoms with van der Waals surface area (Å²) in [6.45, 7) is 14.9. The van der Waals surface area contributed by atoms with Gasteiger partial charge < -0.3 is 24.0 Å². The molecule has 0 radical (unpaired) electrons. The molecule has 3 heterocycles. The number of hydrogen-bond donors (Lipinski definition) is 2. The smallest absolute Gasteiger partial charge is 0.282 e. The fraction of sp³-hybridized carbons (Fsp3) is 0.875. The molecular weight excluding hydrogens is 360 g/mol. The van der Waals surface area contributed by atoms with E-state index in [2.05, 4.69) is 44.5 Å². The summed E-state index contributed by atoms with van der Waals surface area (Å²) in [4.78, 5) is 12.5. The molecule has 0 saturated carbocycles. The summed E-state index contributed by atoms with van der Waals surface area (Å²) in [5, 5.41) is 5.86. The number of ether oxygens (including phenoxy) is 3. The average molecular weight is 389 g/mol. The third-order valence-corrected chi connectivity index (χ3v) is 10.2. The van der Waals surface area contributed by atoms with Gasteiger partial charge in [0.05, 0.1) is 6.61 Å². The Morgan fingerprint density at radius 2 is 1.88 bits per heavy atom. The number of amides is 1. The monoisotopic (exact) mass is 388 g/mol. The van der Waals surface area contributed by atoms with E-state index in [1.165, 1.54) is 0 Å². The van der Waals surface area contributed by atoms with Crippen molar-refractivity contribution < 1.29 is 23.4 Å². The number of carbonyl (C=O) groups is 1. The molecule has 1 amide bonds. The molecule has 142 valence electrons. The molecule has 7 nitrogen and oxygen atoms in total. The Morgan fingerprint density at radius 3 is 2.40 bits per heavy atom. The van der Waals surface area contributed by atoms with E-state index in [1.807, 2.05) is 13.8 Å². The molecule has 2 N–H and O–H groups in total. The van der Waals surface area contributed by atoms with Gasteiger partial charge in [0.25, 0.3) is 11.6 Å². The van der Waals surface area contributed by atoms with Gasteiger partial charge in [-0.1, -0.05) is 20.8 Å². The van der Waals surface area contributed by atoms with Crippen LogP contribution in [0.2, 0.25) is 18.1 Å². The van der Waals surface area contributed by atoms with Crippen molar-refractivity contribution in [1.29, 1.82) is 0 Å². The van der Waals surface area contributed by atoms with Gasteiger partial charge in [0.2, 0.25) is 0 Å². The lowest BCUT2D eigenvalue weighted by Crippen LogP contribution is -2.56. The van der Waals surface area contributed by atoms with Crippen molar-refractivity contribution in [2.24, 2.45) is 0 Å². The van der Waals surface area contributed by atoms with Crippen molar-refractivity contribution in [2.45, 2.75) is 82.6 Å². The van der Waals surface area contributed by atoms with Crippen molar-refractivity contribution in [3.8, 4) is 0 Å². The Bertz CT molecular complexity index is 606. The third kappa shape index (κ3) is 3.15. The Kier molecular flexibility index (Phi) is 4.38. The molecule has 3 rings (SSSR count). The first-order chi connectivity index (χ1) is 11.3. The number of rotatable bonds is 3.